The lowest BCUT2D eigenvalue weighted by atomic mass is 9.43. The summed E-state index contributed by atoms with van der Waals surface area (Å²) in [4.78, 5) is 14.9. The fourth-order valence-corrected chi connectivity index (χ4v) is 12.1. The number of hydrogen-bond donors (Lipinski definition) is 10. The molecule has 0 spiro atoms. The van der Waals surface area contributed by atoms with Gasteiger partial charge in [-0.05, 0) is 112 Å². The molecule has 12 heteroatoms. The summed E-state index contributed by atoms with van der Waals surface area (Å²) in [5.41, 5.74) is 2.85. The van der Waals surface area contributed by atoms with Crippen LogP contribution in [0.5, 0.6) is 0 Å². The van der Waals surface area contributed by atoms with Crippen molar-refractivity contribution >= 4 is 5.78 Å². The number of allylic oxidation sites excluding steroid dienone is 3. The average molecular weight is 760 g/mol. The molecule has 0 radical (unpaired) electrons. The highest BCUT2D eigenvalue weighted by Gasteiger charge is 2.71. The molecule has 11 N–H and O–H groups in total. The molecule has 0 aromatic rings. The number of nitrogens with one attached hydrogen (secondary N) is 2. The zero-order valence-corrected chi connectivity index (χ0v) is 32.9. The van der Waals surface area contributed by atoms with Gasteiger partial charge in [-0.3, -0.25) is 4.79 Å². The smallest absolute Gasteiger partial charge is 0.182 e. The lowest BCUT2D eigenvalue weighted by molar-refractivity contribution is -0.198. The molecule has 15 unspecified atom stereocenters. The average Bonchev–Trinajstić information content (AvgIpc) is 3.67. The Balaban J connectivity index is 1.35. The minimum atomic E-state index is -1.70. The molecule has 12 nitrogen and oxygen atoms in total. The number of aliphatic hydroxyl groups is 7. The number of hydrogen-bond acceptors (Lipinski definition) is 12. The highest BCUT2D eigenvalue weighted by molar-refractivity contribution is 6.00. The van der Waals surface area contributed by atoms with Gasteiger partial charge in [0.1, 0.15) is 6.10 Å². The molecular formula is C42H69N3O9. The lowest BCUT2D eigenvalue weighted by Crippen LogP contribution is -2.65. The molecule has 4 fully saturated rings. The molecule has 0 aromatic carbocycles. The van der Waals surface area contributed by atoms with E-state index < -0.39 is 64.4 Å². The molecule has 1 saturated heterocycles. The Morgan fingerprint density at radius 3 is 2.56 bits per heavy atom. The van der Waals surface area contributed by atoms with Crippen LogP contribution >= 0.6 is 0 Å². The van der Waals surface area contributed by atoms with Crippen molar-refractivity contribution in [3.05, 3.63) is 35.2 Å². The van der Waals surface area contributed by atoms with Gasteiger partial charge in [-0.15, -0.1) is 0 Å². The summed E-state index contributed by atoms with van der Waals surface area (Å²) in [6.07, 6.45) is 8.82. The Morgan fingerprint density at radius 2 is 1.89 bits per heavy atom. The van der Waals surface area contributed by atoms with E-state index in [0.29, 0.717) is 44.3 Å². The van der Waals surface area contributed by atoms with Crippen molar-refractivity contribution in [1.29, 1.82) is 0 Å². The molecule has 54 heavy (non-hydrogen) atoms. The van der Waals surface area contributed by atoms with Crippen molar-refractivity contribution in [2.45, 2.75) is 159 Å². The molecular weight excluding hydrogens is 690 g/mol. The van der Waals surface area contributed by atoms with E-state index in [1.807, 2.05) is 25.3 Å². The molecule has 306 valence electrons. The van der Waals surface area contributed by atoms with E-state index in [0.717, 1.165) is 37.7 Å². The largest absolute Gasteiger partial charge is 0.396 e. The van der Waals surface area contributed by atoms with Gasteiger partial charge in [-0.1, -0.05) is 45.6 Å². The molecule has 6 aliphatic rings. The van der Waals surface area contributed by atoms with Gasteiger partial charge in [0.25, 0.3) is 0 Å². The summed E-state index contributed by atoms with van der Waals surface area (Å²) in [7, 11) is 0. The van der Waals surface area contributed by atoms with Gasteiger partial charge in [0.15, 0.2) is 5.78 Å². The fourth-order valence-electron chi connectivity index (χ4n) is 12.1. The van der Waals surface area contributed by atoms with Gasteiger partial charge < -0.3 is 56.8 Å². The molecule has 4 aliphatic carbocycles. The minimum Gasteiger partial charge on any atom is -0.396 e. The van der Waals surface area contributed by atoms with Crippen molar-refractivity contribution in [1.82, 2.24) is 10.6 Å². The maximum absolute atomic E-state index is 14.9. The molecule has 2 aliphatic heterocycles. The maximum Gasteiger partial charge on any atom is 0.182 e. The van der Waals surface area contributed by atoms with E-state index in [2.05, 4.69) is 17.6 Å². The first-order valence-corrected chi connectivity index (χ1v) is 20.9. The summed E-state index contributed by atoms with van der Waals surface area (Å²) in [6.45, 7) is 7.73. The van der Waals surface area contributed by atoms with E-state index in [4.69, 9.17) is 10.5 Å². The number of carbonyl (C=O) groups excluding carboxylic acids is 1. The van der Waals surface area contributed by atoms with Gasteiger partial charge in [0.2, 0.25) is 0 Å². The molecule has 3 saturated carbocycles. The fraction of sp³-hybridized carbons (Fsp3) is 0.833. The van der Waals surface area contributed by atoms with Crippen molar-refractivity contribution in [3.63, 3.8) is 0 Å². The second kappa shape index (κ2) is 16.2. The first-order valence-electron chi connectivity index (χ1n) is 20.9. The number of ether oxygens (including phenoxy) is 1. The van der Waals surface area contributed by atoms with Gasteiger partial charge >= 0.3 is 0 Å². The standard InChI is InChI=1S/C42H69N3O9/c1-5-6-7-8-9-26-23-54-37(27(26)22-46)38(51)40(4,52)32-14-17-42(53)34-28(13-15-39(32,42)3)41(16-12-25-10-11-33(43)44-21-25)19-31(49)30(48)18-29(41)36(50)35(34)45-20-24(2)47/h10-11,21,24,26-33,37-38,44-49,51-53H,5-9,12-20,22-23,43H2,1-4H3. The van der Waals surface area contributed by atoms with E-state index in [1.54, 1.807) is 13.8 Å². The van der Waals surface area contributed by atoms with Crippen LogP contribution in [0.2, 0.25) is 0 Å². The van der Waals surface area contributed by atoms with Crippen molar-refractivity contribution in [2.75, 3.05) is 19.8 Å². The summed E-state index contributed by atoms with van der Waals surface area (Å²) in [5.74, 6) is -2.01. The third kappa shape index (κ3) is 7.15. The first-order chi connectivity index (χ1) is 25.6. The molecule has 15 atom stereocenters. The second-order valence-corrected chi connectivity index (χ2v) is 18.4. The second-order valence-electron chi connectivity index (χ2n) is 18.4. The Kier molecular flexibility index (Phi) is 12.5. The zero-order valence-electron chi connectivity index (χ0n) is 32.9. The predicted molar refractivity (Wildman–Crippen MR) is 204 cm³/mol. The topological polar surface area (TPSA) is 218 Å². The van der Waals surface area contributed by atoms with Crippen molar-refractivity contribution in [3.8, 4) is 0 Å². The highest BCUT2D eigenvalue weighted by Crippen LogP contribution is 2.70. The Morgan fingerprint density at radius 1 is 1.13 bits per heavy atom. The zero-order chi connectivity index (χ0) is 39.2. The van der Waals surface area contributed by atoms with E-state index in [9.17, 15) is 40.5 Å². The van der Waals surface area contributed by atoms with Crippen LogP contribution in [0.3, 0.4) is 0 Å². The van der Waals surface area contributed by atoms with E-state index in [1.165, 1.54) is 0 Å². The number of ketones is 1. The SMILES string of the molecule is CCCCCCC1COC(C(O)C(C)(O)C2CCC3(O)C4=C(NCC(C)O)C(=O)C5CC(O)C(O)CC5(CCC5=CNC(N)C=C5)C4CCC23C)C1CO. The number of carbonyl (C=O) groups is 1. The number of aliphatic hydroxyl groups excluding tert-OH is 5. The number of rotatable bonds is 15. The predicted octanol–water partition coefficient (Wildman–Crippen LogP) is 2.28. The normalized spacial score (nSPS) is 42.7. The lowest BCUT2D eigenvalue weighted by Gasteiger charge is -2.62. The van der Waals surface area contributed by atoms with Gasteiger partial charge in [-0.2, -0.15) is 0 Å². The number of fused-ring (bicyclic) bond motifs is 5. The van der Waals surface area contributed by atoms with Gasteiger partial charge in [-0.25, -0.2) is 0 Å². The van der Waals surface area contributed by atoms with Crippen molar-refractivity contribution < 1.29 is 45.3 Å². The highest BCUT2D eigenvalue weighted by atomic mass is 16.5. The molecule has 0 amide bonds. The minimum absolute atomic E-state index is 0.0793. The van der Waals surface area contributed by atoms with Crippen LogP contribution in [-0.4, -0.2) is 109 Å². The molecule has 0 aromatic heterocycles. The third-order valence-electron chi connectivity index (χ3n) is 15.2. The Bertz CT molecular complexity index is 1450. The Hall–Kier alpha value is -1.87. The third-order valence-corrected chi connectivity index (χ3v) is 15.2. The number of unbranched alkanes of at least 4 members (excludes halogenated alkanes) is 3. The summed E-state index contributed by atoms with van der Waals surface area (Å²) < 4.78 is 6.19. The molecule has 0 bridgehead atoms. The van der Waals surface area contributed by atoms with Crippen LogP contribution in [0.15, 0.2) is 35.2 Å². The van der Waals surface area contributed by atoms with Gasteiger partial charge in [0.05, 0.1) is 54.1 Å². The van der Waals surface area contributed by atoms with Crippen LogP contribution in [0.4, 0.5) is 0 Å². The first kappa shape index (κ1) is 41.8. The van der Waals surface area contributed by atoms with E-state index >= 15 is 0 Å². The van der Waals surface area contributed by atoms with Crippen LogP contribution in [0, 0.1) is 40.4 Å². The van der Waals surface area contributed by atoms with Crippen LogP contribution in [-0.2, 0) is 9.53 Å². The van der Waals surface area contributed by atoms with Crippen LogP contribution in [0.1, 0.15) is 111 Å². The van der Waals surface area contributed by atoms with Crippen LogP contribution in [0.25, 0.3) is 0 Å². The van der Waals surface area contributed by atoms with Crippen molar-refractivity contribution in [2.24, 2.45) is 46.2 Å². The van der Waals surface area contributed by atoms with Gasteiger partial charge in [0, 0.05) is 36.6 Å². The van der Waals surface area contributed by atoms with E-state index in [-0.39, 0.29) is 67.8 Å². The Labute approximate surface area is 321 Å². The molecule has 6 rings (SSSR count). The number of nitrogens with two attached hydrogens (primary N) is 1. The number of dihydropyridines is 1. The maximum atomic E-state index is 14.9. The summed E-state index contributed by atoms with van der Waals surface area (Å²) >= 11 is 0. The molecule has 2 heterocycles. The quantitative estimate of drug-likeness (QED) is 0.109. The number of Topliss-reactive ketones (excluding diaryl/α,β-unsaturated/α-hetero) is 1. The summed E-state index contributed by atoms with van der Waals surface area (Å²) in [5, 5.41) is 87.4. The summed E-state index contributed by atoms with van der Waals surface area (Å²) in [6, 6.07) is 0. The monoisotopic (exact) mass is 760 g/mol. The van der Waals surface area contributed by atoms with Crippen LogP contribution < -0.4 is 16.4 Å².